The smallest absolute Gasteiger partial charge is 0.258 e. The Morgan fingerprint density at radius 3 is 2.33 bits per heavy atom. The molecule has 0 unspecified atom stereocenters. The van der Waals surface area contributed by atoms with Gasteiger partial charge in [0.05, 0.1) is 4.92 Å². The monoisotopic (exact) mass is 215 g/mol. The fourth-order valence-corrected chi connectivity index (χ4v) is 1.48. The van der Waals surface area contributed by atoms with E-state index in [1.54, 1.807) is 0 Å². The molecule has 1 aromatic heterocycles. The lowest BCUT2D eigenvalue weighted by Gasteiger charge is -2.33. The molecule has 0 aromatic carbocycles. The summed E-state index contributed by atoms with van der Waals surface area (Å²) in [4.78, 5) is 17.1. The van der Waals surface area contributed by atoms with Crippen LogP contribution in [0, 0.1) is 10.1 Å². The first-order chi connectivity index (χ1) is 6.98. The lowest BCUT2D eigenvalue weighted by atomic mass is 9.81. The number of hydrogen-bond acceptors (Lipinski definition) is 4. The van der Waals surface area contributed by atoms with Gasteiger partial charge in [-0.1, -0.05) is 0 Å². The average molecular weight is 215 g/mol. The lowest BCUT2D eigenvalue weighted by molar-refractivity contribution is -0.385. The van der Waals surface area contributed by atoms with Crippen LogP contribution >= 0.6 is 0 Å². The van der Waals surface area contributed by atoms with Gasteiger partial charge in [-0.05, 0) is 0 Å². The van der Waals surface area contributed by atoms with Crippen molar-refractivity contribution in [2.75, 3.05) is 0 Å². The van der Waals surface area contributed by atoms with E-state index in [0.29, 0.717) is 0 Å². The van der Waals surface area contributed by atoms with Crippen molar-refractivity contribution in [3.8, 4) is 0 Å². The summed E-state index contributed by atoms with van der Waals surface area (Å²) in [5.41, 5.74) is -0.232. The number of nitro groups is 1. The van der Waals surface area contributed by atoms with Crippen LogP contribution in [0.1, 0.15) is 24.6 Å². The Bertz CT molecular complexity index is 385. The van der Waals surface area contributed by atoms with Crippen LogP contribution in [0.25, 0.3) is 0 Å². The molecule has 1 saturated carbocycles. The van der Waals surface area contributed by atoms with Gasteiger partial charge in [0.25, 0.3) is 0 Å². The average Bonchev–Trinajstić information content (AvgIpc) is 2.14. The number of alkyl halides is 2. The molecule has 15 heavy (non-hydrogen) atoms. The minimum Gasteiger partial charge on any atom is -0.258 e. The first-order valence-electron chi connectivity index (χ1n) is 4.32. The van der Waals surface area contributed by atoms with Crippen molar-refractivity contribution in [3.63, 3.8) is 0 Å². The molecule has 2 rings (SSSR count). The van der Waals surface area contributed by atoms with E-state index in [2.05, 4.69) is 9.97 Å². The van der Waals surface area contributed by atoms with Crippen LogP contribution in [-0.2, 0) is 0 Å². The van der Waals surface area contributed by atoms with Gasteiger partial charge in [-0.15, -0.1) is 0 Å². The molecule has 7 heteroatoms. The molecule has 1 aliphatic rings. The summed E-state index contributed by atoms with van der Waals surface area (Å²) >= 11 is 0. The SMILES string of the molecule is O=[N+]([O-])c1cnc(C2CC(F)(F)C2)nc1. The van der Waals surface area contributed by atoms with Gasteiger partial charge < -0.3 is 0 Å². The minimum absolute atomic E-state index is 0.232. The predicted molar refractivity (Wildman–Crippen MR) is 45.6 cm³/mol. The van der Waals surface area contributed by atoms with Gasteiger partial charge in [0.1, 0.15) is 18.2 Å². The normalized spacial score (nSPS) is 19.6. The van der Waals surface area contributed by atoms with Gasteiger partial charge in [0, 0.05) is 18.8 Å². The third-order valence-corrected chi connectivity index (χ3v) is 2.32. The molecular formula is C8H7F2N3O2. The van der Waals surface area contributed by atoms with Crippen molar-refractivity contribution in [1.82, 2.24) is 9.97 Å². The second-order valence-electron chi connectivity index (χ2n) is 3.52. The Morgan fingerprint density at radius 1 is 1.40 bits per heavy atom. The van der Waals surface area contributed by atoms with Crippen LogP contribution in [0.4, 0.5) is 14.5 Å². The Hall–Kier alpha value is -1.66. The number of nitrogens with zero attached hydrogens (tertiary/aromatic N) is 3. The summed E-state index contributed by atoms with van der Waals surface area (Å²) in [6.07, 6.45) is 1.53. The summed E-state index contributed by atoms with van der Waals surface area (Å²) < 4.78 is 25.0. The van der Waals surface area contributed by atoms with E-state index in [9.17, 15) is 18.9 Å². The molecular weight excluding hydrogens is 208 g/mol. The molecule has 1 fully saturated rings. The van der Waals surface area contributed by atoms with Crippen LogP contribution < -0.4 is 0 Å². The molecule has 1 aliphatic carbocycles. The molecule has 0 spiro atoms. The van der Waals surface area contributed by atoms with Gasteiger partial charge in [-0.25, -0.2) is 18.7 Å². The number of hydrogen-bond donors (Lipinski definition) is 0. The highest BCUT2D eigenvalue weighted by atomic mass is 19.3. The van der Waals surface area contributed by atoms with Gasteiger partial charge in [0.15, 0.2) is 0 Å². The fraction of sp³-hybridized carbons (Fsp3) is 0.500. The molecule has 0 atom stereocenters. The largest absolute Gasteiger partial charge is 0.305 e. The van der Waals surface area contributed by atoms with E-state index in [1.165, 1.54) is 0 Å². The maximum Gasteiger partial charge on any atom is 0.305 e. The highest BCUT2D eigenvalue weighted by Gasteiger charge is 2.47. The Morgan fingerprint density at radius 2 is 1.93 bits per heavy atom. The molecule has 0 amide bonds. The molecule has 0 N–H and O–H groups in total. The second-order valence-corrected chi connectivity index (χ2v) is 3.52. The summed E-state index contributed by atoms with van der Waals surface area (Å²) in [6, 6.07) is 0. The second kappa shape index (κ2) is 3.18. The highest BCUT2D eigenvalue weighted by molar-refractivity contribution is 5.22. The molecule has 0 bridgehead atoms. The van der Waals surface area contributed by atoms with Gasteiger partial charge in [-0.2, -0.15) is 0 Å². The Kier molecular flexibility index (Phi) is 2.09. The zero-order valence-corrected chi connectivity index (χ0v) is 7.56. The van der Waals surface area contributed by atoms with Crippen LogP contribution in [0.2, 0.25) is 0 Å². The van der Waals surface area contributed by atoms with Crippen molar-refractivity contribution in [2.24, 2.45) is 0 Å². The third kappa shape index (κ3) is 1.90. The Balaban J connectivity index is 2.09. The number of halogens is 2. The van der Waals surface area contributed by atoms with Crippen molar-refractivity contribution in [3.05, 3.63) is 28.3 Å². The summed E-state index contributed by atoms with van der Waals surface area (Å²) in [7, 11) is 0. The molecule has 0 aliphatic heterocycles. The number of aromatic nitrogens is 2. The zero-order valence-electron chi connectivity index (χ0n) is 7.56. The summed E-state index contributed by atoms with van der Waals surface area (Å²) in [5.74, 6) is -2.75. The van der Waals surface area contributed by atoms with Crippen molar-refractivity contribution in [1.29, 1.82) is 0 Å². The minimum atomic E-state index is -2.63. The van der Waals surface area contributed by atoms with Crippen LogP contribution in [-0.4, -0.2) is 20.8 Å². The Labute approximate surface area is 83.3 Å². The maximum absolute atomic E-state index is 12.5. The van der Waals surface area contributed by atoms with E-state index in [4.69, 9.17) is 0 Å². The standard InChI is InChI=1S/C8H7F2N3O2/c9-8(10)1-5(2-8)7-11-3-6(4-12-7)13(14)15/h3-5H,1-2H2. The quantitative estimate of drug-likeness (QED) is 0.558. The fourth-order valence-electron chi connectivity index (χ4n) is 1.48. The van der Waals surface area contributed by atoms with Gasteiger partial charge in [-0.3, -0.25) is 10.1 Å². The van der Waals surface area contributed by atoms with E-state index >= 15 is 0 Å². The first kappa shape index (κ1) is 9.88. The van der Waals surface area contributed by atoms with E-state index < -0.39 is 10.8 Å². The van der Waals surface area contributed by atoms with E-state index in [0.717, 1.165) is 12.4 Å². The third-order valence-electron chi connectivity index (χ3n) is 2.32. The van der Waals surface area contributed by atoms with Crippen LogP contribution in [0.5, 0.6) is 0 Å². The van der Waals surface area contributed by atoms with Gasteiger partial charge >= 0.3 is 5.69 Å². The molecule has 80 valence electrons. The van der Waals surface area contributed by atoms with Crippen LogP contribution in [0.3, 0.4) is 0 Å². The highest BCUT2D eigenvalue weighted by Crippen LogP contribution is 2.47. The van der Waals surface area contributed by atoms with E-state index in [1.807, 2.05) is 0 Å². The lowest BCUT2D eigenvalue weighted by Crippen LogP contribution is -2.34. The van der Waals surface area contributed by atoms with Gasteiger partial charge in [0.2, 0.25) is 5.92 Å². The molecule has 0 saturated heterocycles. The van der Waals surface area contributed by atoms with E-state index in [-0.39, 0.29) is 30.3 Å². The van der Waals surface area contributed by atoms with Crippen molar-refractivity contribution in [2.45, 2.75) is 24.7 Å². The topological polar surface area (TPSA) is 68.9 Å². The molecule has 1 heterocycles. The van der Waals surface area contributed by atoms with Crippen molar-refractivity contribution < 1.29 is 13.7 Å². The molecule has 5 nitrogen and oxygen atoms in total. The molecule has 1 aromatic rings. The van der Waals surface area contributed by atoms with Crippen molar-refractivity contribution >= 4 is 5.69 Å². The maximum atomic E-state index is 12.5. The summed E-state index contributed by atoms with van der Waals surface area (Å²) in [5, 5.41) is 10.3. The number of rotatable bonds is 2. The predicted octanol–water partition coefficient (Wildman–Crippen LogP) is 1.90. The first-order valence-corrected chi connectivity index (χ1v) is 4.32. The summed E-state index contributed by atoms with van der Waals surface area (Å²) in [6.45, 7) is 0. The van der Waals surface area contributed by atoms with Crippen LogP contribution in [0.15, 0.2) is 12.4 Å². The zero-order chi connectivity index (χ0) is 11.1. The molecule has 0 radical (unpaired) electrons.